The monoisotopic (exact) mass is 293 g/mol. The summed E-state index contributed by atoms with van der Waals surface area (Å²) < 4.78 is 10.5. The number of nitrogens with two attached hydrogens (primary N) is 1. The van der Waals surface area contributed by atoms with Crippen LogP contribution in [0.15, 0.2) is 18.2 Å². The summed E-state index contributed by atoms with van der Waals surface area (Å²) in [6.45, 7) is 0.911. The summed E-state index contributed by atoms with van der Waals surface area (Å²) in [5.41, 5.74) is 6.54. The Morgan fingerprint density at radius 1 is 1.48 bits per heavy atom. The van der Waals surface area contributed by atoms with E-state index < -0.39 is 6.04 Å². The van der Waals surface area contributed by atoms with Crippen molar-refractivity contribution in [2.24, 2.45) is 0 Å². The number of benzene rings is 1. The molecule has 2 amide bonds. The van der Waals surface area contributed by atoms with Gasteiger partial charge in [0.05, 0.1) is 25.9 Å². The molecule has 0 aliphatic carbocycles. The summed E-state index contributed by atoms with van der Waals surface area (Å²) >= 11 is 0. The first-order chi connectivity index (χ1) is 10.1. The lowest BCUT2D eigenvalue weighted by Crippen LogP contribution is -2.55. The van der Waals surface area contributed by atoms with Gasteiger partial charge in [-0.15, -0.1) is 0 Å². The average molecular weight is 293 g/mol. The molecule has 1 aliphatic rings. The summed E-state index contributed by atoms with van der Waals surface area (Å²) in [7, 11) is 3.01. The second kappa shape index (κ2) is 6.45. The number of amides is 2. The van der Waals surface area contributed by atoms with Crippen molar-refractivity contribution in [2.45, 2.75) is 6.04 Å². The van der Waals surface area contributed by atoms with Gasteiger partial charge in [0.15, 0.2) is 0 Å². The summed E-state index contributed by atoms with van der Waals surface area (Å²) in [5, 5.41) is 2.54. The molecule has 0 radical (unpaired) electrons. The molecule has 1 unspecified atom stereocenters. The van der Waals surface area contributed by atoms with Crippen LogP contribution in [0.1, 0.15) is 10.4 Å². The number of hydrogen-bond donors (Lipinski definition) is 2. The first-order valence-corrected chi connectivity index (χ1v) is 6.62. The van der Waals surface area contributed by atoms with Gasteiger partial charge in [0.25, 0.3) is 5.91 Å². The Morgan fingerprint density at radius 2 is 2.24 bits per heavy atom. The van der Waals surface area contributed by atoms with Crippen molar-refractivity contribution >= 4 is 17.5 Å². The molecular weight excluding hydrogens is 274 g/mol. The summed E-state index contributed by atoms with van der Waals surface area (Å²) in [4.78, 5) is 26.1. The Labute approximate surface area is 123 Å². The predicted molar refractivity (Wildman–Crippen MR) is 77.1 cm³/mol. The Bertz CT molecular complexity index is 547. The van der Waals surface area contributed by atoms with Crippen molar-refractivity contribution in [3.8, 4) is 5.75 Å². The SMILES string of the molecule is CNC(=O)C1COCCN1C(=O)c1cc(N)ccc1OC. The highest BCUT2D eigenvalue weighted by atomic mass is 16.5. The highest BCUT2D eigenvalue weighted by Crippen LogP contribution is 2.24. The van der Waals surface area contributed by atoms with E-state index in [9.17, 15) is 9.59 Å². The zero-order valence-electron chi connectivity index (χ0n) is 12.1. The van der Waals surface area contributed by atoms with Gasteiger partial charge < -0.3 is 25.4 Å². The number of likely N-dealkylation sites (N-methyl/N-ethyl adjacent to an activating group) is 1. The molecular formula is C14H19N3O4. The molecule has 3 N–H and O–H groups in total. The van der Waals surface area contributed by atoms with Crippen LogP contribution in [-0.4, -0.2) is 56.7 Å². The van der Waals surface area contributed by atoms with Gasteiger partial charge in [-0.2, -0.15) is 0 Å². The third-order valence-corrected chi connectivity index (χ3v) is 3.39. The lowest BCUT2D eigenvalue weighted by molar-refractivity contribution is -0.130. The molecule has 1 heterocycles. The van der Waals surface area contributed by atoms with Crippen molar-refractivity contribution in [3.05, 3.63) is 23.8 Å². The van der Waals surface area contributed by atoms with Crippen molar-refractivity contribution in [1.29, 1.82) is 0 Å². The second-order valence-corrected chi connectivity index (χ2v) is 4.66. The van der Waals surface area contributed by atoms with Gasteiger partial charge in [0, 0.05) is 19.3 Å². The fraction of sp³-hybridized carbons (Fsp3) is 0.429. The number of anilines is 1. The summed E-state index contributed by atoms with van der Waals surface area (Å²) in [5.74, 6) is -0.127. The third-order valence-electron chi connectivity index (χ3n) is 3.39. The van der Waals surface area contributed by atoms with Crippen LogP contribution >= 0.6 is 0 Å². The van der Waals surface area contributed by atoms with Crippen molar-refractivity contribution in [1.82, 2.24) is 10.2 Å². The molecule has 1 aliphatic heterocycles. The first-order valence-electron chi connectivity index (χ1n) is 6.62. The maximum Gasteiger partial charge on any atom is 0.258 e. The van der Waals surface area contributed by atoms with Crippen molar-refractivity contribution < 1.29 is 19.1 Å². The largest absolute Gasteiger partial charge is 0.496 e. The number of nitrogens with one attached hydrogen (secondary N) is 1. The summed E-state index contributed by atoms with van der Waals surface area (Å²) in [6.07, 6.45) is 0. The molecule has 2 rings (SSSR count). The smallest absolute Gasteiger partial charge is 0.258 e. The maximum atomic E-state index is 12.7. The number of carbonyl (C=O) groups excluding carboxylic acids is 2. The van der Waals surface area contributed by atoms with Gasteiger partial charge in [-0.05, 0) is 18.2 Å². The van der Waals surface area contributed by atoms with Crippen LogP contribution in [0, 0.1) is 0 Å². The topological polar surface area (TPSA) is 93.9 Å². The van der Waals surface area contributed by atoms with E-state index in [4.69, 9.17) is 15.2 Å². The number of morpholine rings is 1. The minimum Gasteiger partial charge on any atom is -0.496 e. The van der Waals surface area contributed by atoms with Gasteiger partial charge in [-0.25, -0.2) is 0 Å². The van der Waals surface area contributed by atoms with Crippen molar-refractivity contribution in [2.75, 3.05) is 39.6 Å². The van der Waals surface area contributed by atoms with E-state index in [-0.39, 0.29) is 18.4 Å². The van der Waals surface area contributed by atoms with E-state index in [1.165, 1.54) is 19.1 Å². The van der Waals surface area contributed by atoms with E-state index in [0.29, 0.717) is 30.2 Å². The first kappa shape index (κ1) is 15.1. The standard InChI is InChI=1S/C14H19N3O4/c1-16-13(18)11-8-21-6-5-17(11)14(19)10-7-9(15)3-4-12(10)20-2/h3-4,7,11H,5-6,8,15H2,1-2H3,(H,16,18). The molecule has 0 aromatic heterocycles. The predicted octanol–water partition coefficient (Wildman–Crippen LogP) is -0.136. The van der Waals surface area contributed by atoms with Crippen LogP contribution in [0.25, 0.3) is 0 Å². The van der Waals surface area contributed by atoms with Crippen molar-refractivity contribution in [3.63, 3.8) is 0 Å². The van der Waals surface area contributed by atoms with Crippen LogP contribution < -0.4 is 15.8 Å². The fourth-order valence-electron chi connectivity index (χ4n) is 2.28. The molecule has 0 bridgehead atoms. The minimum atomic E-state index is -0.651. The van der Waals surface area contributed by atoms with Crippen LogP contribution in [-0.2, 0) is 9.53 Å². The molecule has 0 spiro atoms. The second-order valence-electron chi connectivity index (χ2n) is 4.66. The number of nitrogen functional groups attached to an aromatic ring is 1. The maximum absolute atomic E-state index is 12.7. The van der Waals surface area contributed by atoms with Gasteiger partial charge in [0.2, 0.25) is 5.91 Å². The average Bonchev–Trinajstić information content (AvgIpc) is 2.53. The highest BCUT2D eigenvalue weighted by Gasteiger charge is 2.33. The molecule has 0 saturated carbocycles. The number of carbonyl (C=O) groups is 2. The number of ether oxygens (including phenoxy) is 2. The minimum absolute atomic E-state index is 0.177. The molecule has 7 heteroatoms. The number of hydrogen-bond acceptors (Lipinski definition) is 5. The third kappa shape index (κ3) is 3.08. The van der Waals surface area contributed by atoms with Gasteiger partial charge in [0.1, 0.15) is 11.8 Å². The Balaban J connectivity index is 2.33. The quantitative estimate of drug-likeness (QED) is 0.757. The van der Waals surface area contributed by atoms with Crippen LogP contribution in [0.5, 0.6) is 5.75 Å². The zero-order chi connectivity index (χ0) is 15.4. The number of rotatable bonds is 3. The van der Waals surface area contributed by atoms with Gasteiger partial charge in [-0.3, -0.25) is 9.59 Å². The molecule has 114 valence electrons. The van der Waals surface area contributed by atoms with Gasteiger partial charge in [-0.1, -0.05) is 0 Å². The summed E-state index contributed by atoms with van der Waals surface area (Å²) in [6, 6.07) is 4.20. The Hall–Kier alpha value is -2.28. The molecule has 1 saturated heterocycles. The normalized spacial score (nSPS) is 18.2. The molecule has 1 aromatic carbocycles. The van der Waals surface area contributed by atoms with E-state index in [1.54, 1.807) is 18.2 Å². The molecule has 7 nitrogen and oxygen atoms in total. The lowest BCUT2D eigenvalue weighted by Gasteiger charge is -2.34. The number of methoxy groups -OCH3 is 1. The highest BCUT2D eigenvalue weighted by molar-refractivity contribution is 6.00. The van der Waals surface area contributed by atoms with Gasteiger partial charge >= 0.3 is 0 Å². The number of nitrogens with zero attached hydrogens (tertiary/aromatic N) is 1. The molecule has 21 heavy (non-hydrogen) atoms. The van der Waals surface area contributed by atoms with Crippen LogP contribution in [0.3, 0.4) is 0 Å². The van der Waals surface area contributed by atoms with E-state index >= 15 is 0 Å². The van der Waals surface area contributed by atoms with E-state index in [1.807, 2.05) is 0 Å². The Kier molecular flexibility index (Phi) is 4.64. The molecule has 1 atom stereocenters. The van der Waals surface area contributed by atoms with Crippen LogP contribution in [0.2, 0.25) is 0 Å². The fourth-order valence-corrected chi connectivity index (χ4v) is 2.28. The lowest BCUT2D eigenvalue weighted by atomic mass is 10.1. The van der Waals surface area contributed by atoms with Crippen LogP contribution in [0.4, 0.5) is 5.69 Å². The molecule has 1 aromatic rings. The molecule has 1 fully saturated rings. The van der Waals surface area contributed by atoms with E-state index in [0.717, 1.165) is 0 Å². The zero-order valence-corrected chi connectivity index (χ0v) is 12.1. The Morgan fingerprint density at radius 3 is 2.90 bits per heavy atom. The van der Waals surface area contributed by atoms with E-state index in [2.05, 4.69) is 5.32 Å².